The SMILES string of the molecule is O=C(CCNCCc1c[nH]c(=O)[nH]c1=O)Nc1cccc(Cl)c1. The van der Waals surface area contributed by atoms with Crippen molar-refractivity contribution < 1.29 is 4.79 Å². The highest BCUT2D eigenvalue weighted by Crippen LogP contribution is 2.14. The van der Waals surface area contributed by atoms with Crippen LogP contribution in [0, 0.1) is 0 Å². The number of nitrogens with one attached hydrogen (secondary N) is 4. The predicted octanol–water partition coefficient (Wildman–Crippen LogP) is 0.877. The summed E-state index contributed by atoms with van der Waals surface area (Å²) in [5, 5.41) is 6.38. The zero-order chi connectivity index (χ0) is 16.7. The number of benzene rings is 1. The Morgan fingerprint density at radius 1 is 1.22 bits per heavy atom. The number of hydrogen-bond donors (Lipinski definition) is 4. The van der Waals surface area contributed by atoms with Gasteiger partial charge in [-0.25, -0.2) is 4.79 Å². The van der Waals surface area contributed by atoms with E-state index in [1.807, 2.05) is 0 Å². The summed E-state index contributed by atoms with van der Waals surface area (Å²) in [6.07, 6.45) is 2.16. The zero-order valence-electron chi connectivity index (χ0n) is 12.3. The number of aromatic nitrogens is 2. The Balaban J connectivity index is 1.68. The van der Waals surface area contributed by atoms with Crippen LogP contribution in [-0.4, -0.2) is 29.0 Å². The first-order chi connectivity index (χ1) is 11.0. The van der Waals surface area contributed by atoms with Crippen LogP contribution in [0.2, 0.25) is 5.02 Å². The molecular formula is C15H17ClN4O3. The lowest BCUT2D eigenvalue weighted by atomic mass is 10.2. The van der Waals surface area contributed by atoms with Gasteiger partial charge < -0.3 is 15.6 Å². The quantitative estimate of drug-likeness (QED) is 0.563. The van der Waals surface area contributed by atoms with Gasteiger partial charge in [0.25, 0.3) is 5.56 Å². The lowest BCUT2D eigenvalue weighted by Crippen LogP contribution is -2.28. The molecule has 122 valence electrons. The van der Waals surface area contributed by atoms with Crippen molar-refractivity contribution >= 4 is 23.2 Å². The second-order valence-corrected chi connectivity index (χ2v) is 5.34. The molecular weight excluding hydrogens is 320 g/mol. The predicted molar refractivity (Wildman–Crippen MR) is 89.0 cm³/mol. The lowest BCUT2D eigenvalue weighted by Gasteiger charge is -2.06. The molecule has 4 N–H and O–H groups in total. The average molecular weight is 337 g/mol. The number of rotatable bonds is 7. The second kappa shape index (κ2) is 8.30. The fourth-order valence-electron chi connectivity index (χ4n) is 1.96. The standard InChI is InChI=1S/C15H17ClN4O3/c16-11-2-1-3-12(8-11)19-13(21)5-7-17-6-4-10-9-18-15(23)20-14(10)22/h1-3,8-9,17H,4-7H2,(H,19,21)(H2,18,20,22,23). The zero-order valence-corrected chi connectivity index (χ0v) is 13.1. The number of carbonyl (C=O) groups is 1. The van der Waals surface area contributed by atoms with Crippen LogP contribution in [0.5, 0.6) is 0 Å². The topological polar surface area (TPSA) is 107 Å². The maximum absolute atomic E-state index is 11.8. The number of carbonyl (C=O) groups excluding carboxylic acids is 1. The Kier molecular flexibility index (Phi) is 6.13. The minimum atomic E-state index is -0.524. The Morgan fingerprint density at radius 3 is 2.78 bits per heavy atom. The molecule has 0 saturated heterocycles. The third kappa shape index (κ3) is 5.72. The second-order valence-electron chi connectivity index (χ2n) is 4.91. The van der Waals surface area contributed by atoms with Crippen molar-refractivity contribution in [2.24, 2.45) is 0 Å². The minimum Gasteiger partial charge on any atom is -0.326 e. The van der Waals surface area contributed by atoms with Crippen LogP contribution in [0.1, 0.15) is 12.0 Å². The molecule has 1 aromatic heterocycles. The van der Waals surface area contributed by atoms with E-state index in [0.29, 0.717) is 42.2 Å². The third-order valence-corrected chi connectivity index (χ3v) is 3.34. The monoisotopic (exact) mass is 336 g/mol. The lowest BCUT2D eigenvalue weighted by molar-refractivity contribution is -0.116. The fourth-order valence-corrected chi connectivity index (χ4v) is 2.15. The summed E-state index contributed by atoms with van der Waals surface area (Å²) in [5.74, 6) is -0.123. The maximum atomic E-state index is 11.8. The van der Waals surface area contributed by atoms with Crippen LogP contribution in [0.25, 0.3) is 0 Å². The van der Waals surface area contributed by atoms with E-state index in [4.69, 9.17) is 11.6 Å². The van der Waals surface area contributed by atoms with Gasteiger partial charge >= 0.3 is 5.69 Å². The van der Waals surface area contributed by atoms with Crippen LogP contribution in [0.3, 0.4) is 0 Å². The molecule has 0 saturated carbocycles. The average Bonchev–Trinajstić information content (AvgIpc) is 2.49. The van der Waals surface area contributed by atoms with Crippen LogP contribution in [-0.2, 0) is 11.2 Å². The summed E-state index contributed by atoms with van der Waals surface area (Å²) in [5.41, 5.74) is 0.224. The van der Waals surface area contributed by atoms with Crippen molar-refractivity contribution in [1.29, 1.82) is 0 Å². The Morgan fingerprint density at radius 2 is 2.04 bits per heavy atom. The van der Waals surface area contributed by atoms with E-state index in [9.17, 15) is 14.4 Å². The molecule has 0 spiro atoms. The van der Waals surface area contributed by atoms with Gasteiger partial charge in [-0.2, -0.15) is 0 Å². The number of H-pyrrole nitrogens is 2. The van der Waals surface area contributed by atoms with Crippen LogP contribution < -0.4 is 21.9 Å². The van der Waals surface area contributed by atoms with E-state index < -0.39 is 11.2 Å². The summed E-state index contributed by atoms with van der Waals surface area (Å²) >= 11 is 5.84. The molecule has 1 aromatic carbocycles. The highest BCUT2D eigenvalue weighted by molar-refractivity contribution is 6.30. The molecule has 23 heavy (non-hydrogen) atoms. The highest BCUT2D eigenvalue weighted by Gasteiger charge is 2.03. The van der Waals surface area contributed by atoms with Gasteiger partial charge in [-0.05, 0) is 31.2 Å². The van der Waals surface area contributed by atoms with Gasteiger partial charge in [0.2, 0.25) is 5.91 Å². The van der Waals surface area contributed by atoms with Crippen LogP contribution in [0.15, 0.2) is 40.1 Å². The Hall–Kier alpha value is -2.38. The van der Waals surface area contributed by atoms with Crippen molar-refractivity contribution in [3.8, 4) is 0 Å². The smallest absolute Gasteiger partial charge is 0.325 e. The number of anilines is 1. The maximum Gasteiger partial charge on any atom is 0.325 e. The molecule has 8 heteroatoms. The van der Waals surface area contributed by atoms with Gasteiger partial charge in [0.1, 0.15) is 0 Å². The van der Waals surface area contributed by atoms with Gasteiger partial charge in [0.15, 0.2) is 0 Å². The Labute approximate surface area is 137 Å². The molecule has 0 unspecified atom stereocenters. The van der Waals surface area contributed by atoms with Crippen molar-refractivity contribution in [3.63, 3.8) is 0 Å². The largest absolute Gasteiger partial charge is 0.326 e. The first-order valence-electron chi connectivity index (χ1n) is 7.11. The van der Waals surface area contributed by atoms with Gasteiger partial charge in [0.05, 0.1) is 0 Å². The van der Waals surface area contributed by atoms with Crippen LogP contribution in [0.4, 0.5) is 5.69 Å². The van der Waals surface area contributed by atoms with Crippen molar-refractivity contribution in [3.05, 3.63) is 61.9 Å². The molecule has 0 radical (unpaired) electrons. The van der Waals surface area contributed by atoms with Gasteiger partial charge in [0, 0.05) is 35.4 Å². The van der Waals surface area contributed by atoms with E-state index in [1.54, 1.807) is 24.3 Å². The first kappa shape index (κ1) is 17.0. The van der Waals surface area contributed by atoms with Gasteiger partial charge in [-0.15, -0.1) is 0 Å². The van der Waals surface area contributed by atoms with E-state index >= 15 is 0 Å². The minimum absolute atomic E-state index is 0.123. The molecule has 2 rings (SSSR count). The summed E-state index contributed by atoms with van der Waals surface area (Å²) in [6.45, 7) is 1.01. The summed E-state index contributed by atoms with van der Waals surface area (Å²) in [4.78, 5) is 38.7. The van der Waals surface area contributed by atoms with E-state index in [2.05, 4.69) is 20.6 Å². The van der Waals surface area contributed by atoms with Gasteiger partial charge in [-0.3, -0.25) is 14.6 Å². The summed E-state index contributed by atoms with van der Waals surface area (Å²) in [7, 11) is 0. The molecule has 1 heterocycles. The third-order valence-electron chi connectivity index (χ3n) is 3.10. The molecule has 0 fully saturated rings. The molecule has 2 aromatic rings. The molecule has 0 bridgehead atoms. The number of hydrogen-bond acceptors (Lipinski definition) is 4. The molecule has 1 amide bonds. The van der Waals surface area contributed by atoms with Crippen molar-refractivity contribution in [2.75, 3.05) is 18.4 Å². The molecule has 7 nitrogen and oxygen atoms in total. The van der Waals surface area contributed by atoms with Crippen LogP contribution >= 0.6 is 11.6 Å². The normalized spacial score (nSPS) is 10.5. The number of aromatic amines is 2. The number of amides is 1. The number of halogens is 1. The van der Waals surface area contributed by atoms with Crippen molar-refractivity contribution in [1.82, 2.24) is 15.3 Å². The molecule has 0 aliphatic heterocycles. The van der Waals surface area contributed by atoms with E-state index in [-0.39, 0.29) is 5.91 Å². The molecule has 0 aliphatic rings. The summed E-state index contributed by atoms with van der Waals surface area (Å²) in [6, 6.07) is 6.93. The molecule has 0 atom stereocenters. The van der Waals surface area contributed by atoms with E-state index in [1.165, 1.54) is 6.20 Å². The summed E-state index contributed by atoms with van der Waals surface area (Å²) < 4.78 is 0. The molecule has 0 aliphatic carbocycles. The fraction of sp³-hybridized carbons (Fsp3) is 0.267. The van der Waals surface area contributed by atoms with E-state index in [0.717, 1.165) is 0 Å². The highest BCUT2D eigenvalue weighted by atomic mass is 35.5. The van der Waals surface area contributed by atoms with Crippen molar-refractivity contribution in [2.45, 2.75) is 12.8 Å². The Bertz CT molecular complexity index is 785. The van der Waals surface area contributed by atoms with Gasteiger partial charge in [-0.1, -0.05) is 17.7 Å². The first-order valence-corrected chi connectivity index (χ1v) is 7.49.